The molecule has 2 unspecified atom stereocenters. The lowest BCUT2D eigenvalue weighted by molar-refractivity contribution is -0.155. The molecule has 0 aromatic rings. The topological polar surface area (TPSA) is 87.1 Å². The highest BCUT2D eigenvalue weighted by molar-refractivity contribution is 8.02. The number of likely N-dealkylation sites (tertiary alicyclic amines) is 1. The highest BCUT2D eigenvalue weighted by Gasteiger charge is 2.77. The molecule has 3 rings (SSSR count). The first-order valence-electron chi connectivity index (χ1n) is 13.3. The van der Waals surface area contributed by atoms with Crippen LogP contribution < -0.4 is 0 Å². The molecule has 7 nitrogen and oxygen atoms in total. The van der Waals surface area contributed by atoms with Gasteiger partial charge in [-0.1, -0.05) is 12.2 Å². The summed E-state index contributed by atoms with van der Waals surface area (Å²) in [5.74, 6) is -1.62. The molecular formula is C28H44N2O5S. The van der Waals surface area contributed by atoms with Crippen LogP contribution >= 0.6 is 11.8 Å². The van der Waals surface area contributed by atoms with Crippen LogP contribution in [0.4, 0.5) is 0 Å². The molecule has 0 radical (unpaired) electrons. The summed E-state index contributed by atoms with van der Waals surface area (Å²) < 4.78 is 4.60. The number of rotatable bonds is 13. The molecule has 0 aliphatic carbocycles. The first-order chi connectivity index (χ1) is 17.0. The molecule has 3 aliphatic rings. The summed E-state index contributed by atoms with van der Waals surface area (Å²) in [7, 11) is 0. The zero-order chi connectivity index (χ0) is 26.7. The van der Waals surface area contributed by atoms with E-state index in [0.717, 1.165) is 25.7 Å². The van der Waals surface area contributed by atoms with E-state index in [0.29, 0.717) is 39.0 Å². The van der Waals surface area contributed by atoms with E-state index in [-0.39, 0.29) is 24.4 Å². The number of nitrogens with zero attached hydrogens (tertiary/aromatic N) is 2. The van der Waals surface area contributed by atoms with E-state index in [4.69, 9.17) is 4.74 Å². The fourth-order valence-corrected chi connectivity index (χ4v) is 8.67. The minimum atomic E-state index is -0.643. The van der Waals surface area contributed by atoms with Crippen molar-refractivity contribution in [2.45, 2.75) is 93.7 Å². The number of fused-ring (bicyclic) bond motifs is 1. The van der Waals surface area contributed by atoms with Gasteiger partial charge in [0.25, 0.3) is 0 Å². The van der Waals surface area contributed by atoms with E-state index >= 15 is 0 Å². The van der Waals surface area contributed by atoms with Crippen molar-refractivity contribution in [1.29, 1.82) is 0 Å². The monoisotopic (exact) mass is 520 g/mol. The van der Waals surface area contributed by atoms with Crippen molar-refractivity contribution in [3.63, 3.8) is 0 Å². The number of hydrogen-bond donors (Lipinski definition) is 1. The Kier molecular flexibility index (Phi) is 9.03. The molecule has 2 amide bonds. The van der Waals surface area contributed by atoms with Gasteiger partial charge in [0.1, 0.15) is 6.04 Å². The van der Waals surface area contributed by atoms with E-state index in [2.05, 4.69) is 20.1 Å². The maximum Gasteiger partial charge on any atom is 0.311 e. The summed E-state index contributed by atoms with van der Waals surface area (Å²) in [5, 5.41) is 9.21. The average Bonchev–Trinajstić information content (AvgIpc) is 3.37. The van der Waals surface area contributed by atoms with Gasteiger partial charge in [0.15, 0.2) is 0 Å². The summed E-state index contributed by atoms with van der Waals surface area (Å²) in [4.78, 5) is 45.3. The molecule has 1 N–H and O–H groups in total. The Hall–Kier alpha value is -1.80. The van der Waals surface area contributed by atoms with Crippen molar-refractivity contribution < 1.29 is 24.2 Å². The van der Waals surface area contributed by atoms with Crippen LogP contribution in [-0.2, 0) is 19.1 Å². The van der Waals surface area contributed by atoms with Gasteiger partial charge in [0.2, 0.25) is 11.8 Å². The van der Waals surface area contributed by atoms with Crippen LogP contribution in [0.3, 0.4) is 0 Å². The molecule has 202 valence electrons. The van der Waals surface area contributed by atoms with E-state index in [1.54, 1.807) is 28.8 Å². The molecule has 3 fully saturated rings. The molecule has 0 aromatic carbocycles. The van der Waals surface area contributed by atoms with E-state index in [9.17, 15) is 19.5 Å². The number of allylic oxidation sites excluding steroid dienone is 1. The summed E-state index contributed by atoms with van der Waals surface area (Å²) in [6.07, 6.45) is 8.62. The second kappa shape index (κ2) is 11.3. The molecular weight excluding hydrogens is 476 g/mol. The third-order valence-electron chi connectivity index (χ3n) is 8.01. The number of esters is 1. The largest absolute Gasteiger partial charge is 0.465 e. The number of hydrogen-bond acceptors (Lipinski definition) is 6. The zero-order valence-corrected chi connectivity index (χ0v) is 23.3. The van der Waals surface area contributed by atoms with Gasteiger partial charge in [-0.25, -0.2) is 0 Å². The number of amides is 2. The molecule has 3 saturated heterocycles. The smallest absolute Gasteiger partial charge is 0.311 e. The Balaban J connectivity index is 1.98. The highest BCUT2D eigenvalue weighted by atomic mass is 32.2. The number of ether oxygens (including phenoxy) is 1. The minimum absolute atomic E-state index is 0.0721. The lowest BCUT2D eigenvalue weighted by Crippen LogP contribution is -2.58. The maximum absolute atomic E-state index is 14.3. The summed E-state index contributed by atoms with van der Waals surface area (Å²) >= 11 is 1.67. The lowest BCUT2D eigenvalue weighted by Gasteiger charge is -2.42. The van der Waals surface area contributed by atoms with Crippen molar-refractivity contribution in [2.24, 2.45) is 11.8 Å². The van der Waals surface area contributed by atoms with Gasteiger partial charge in [0, 0.05) is 30.0 Å². The zero-order valence-electron chi connectivity index (χ0n) is 22.5. The van der Waals surface area contributed by atoms with Gasteiger partial charge in [-0.15, -0.1) is 24.9 Å². The Morgan fingerprint density at radius 3 is 2.53 bits per heavy atom. The number of unbranched alkanes of at least 4 members (excludes halogenated alkanes) is 3. The van der Waals surface area contributed by atoms with Crippen LogP contribution in [0.5, 0.6) is 0 Å². The van der Waals surface area contributed by atoms with Gasteiger partial charge in [0.05, 0.1) is 23.2 Å². The number of carbonyl (C=O) groups is 3. The normalized spacial score (nSPS) is 30.9. The second-order valence-electron chi connectivity index (χ2n) is 11.6. The molecule has 2 bridgehead atoms. The number of aliphatic hydroxyl groups excluding tert-OH is 1. The van der Waals surface area contributed by atoms with Crippen LogP contribution in [0.15, 0.2) is 25.3 Å². The summed E-state index contributed by atoms with van der Waals surface area (Å²) in [6.45, 7) is 16.9. The van der Waals surface area contributed by atoms with Gasteiger partial charge in [-0.2, -0.15) is 0 Å². The molecule has 8 heteroatoms. The lowest BCUT2D eigenvalue weighted by atomic mass is 9.66. The first-order valence-corrected chi connectivity index (χ1v) is 14.1. The standard InChI is InChI=1S/C28H44N2O5S/c1-7-9-13-19-35-25(34)21-20-23(32)29(17-11-10-12-18-31)22(28(20)15-14-27(21,6)36-28)24(33)30(16-8-2)26(3,4)5/h7-8,20-22,31H,1-2,9-19H2,3-6H3/t20-,21+,22?,27-,28?/m0/s1. The maximum atomic E-state index is 14.3. The first kappa shape index (κ1) is 28.8. The van der Waals surface area contributed by atoms with Gasteiger partial charge >= 0.3 is 5.97 Å². The number of thioether (sulfide) groups is 1. The van der Waals surface area contributed by atoms with E-state index < -0.39 is 32.9 Å². The fraction of sp³-hybridized carbons (Fsp3) is 0.750. The van der Waals surface area contributed by atoms with Crippen molar-refractivity contribution in [3.05, 3.63) is 25.3 Å². The number of aliphatic hydroxyl groups is 1. The van der Waals surface area contributed by atoms with E-state index in [1.807, 2.05) is 25.7 Å². The molecule has 36 heavy (non-hydrogen) atoms. The predicted molar refractivity (Wildman–Crippen MR) is 143 cm³/mol. The van der Waals surface area contributed by atoms with Crippen LogP contribution in [0.25, 0.3) is 0 Å². The second-order valence-corrected chi connectivity index (χ2v) is 13.4. The third-order valence-corrected chi connectivity index (χ3v) is 9.99. The van der Waals surface area contributed by atoms with Gasteiger partial charge < -0.3 is 19.6 Å². The Morgan fingerprint density at radius 1 is 1.19 bits per heavy atom. The summed E-state index contributed by atoms with van der Waals surface area (Å²) in [6, 6.07) is -0.631. The highest BCUT2D eigenvalue weighted by Crippen LogP contribution is 2.71. The van der Waals surface area contributed by atoms with Crippen molar-refractivity contribution in [3.8, 4) is 0 Å². The Morgan fingerprint density at radius 2 is 1.92 bits per heavy atom. The fourth-order valence-electron chi connectivity index (χ4n) is 6.34. The molecule has 1 spiro atoms. The third kappa shape index (κ3) is 5.13. The van der Waals surface area contributed by atoms with Crippen LogP contribution in [0, 0.1) is 11.8 Å². The van der Waals surface area contributed by atoms with Crippen LogP contribution in [0.2, 0.25) is 0 Å². The van der Waals surface area contributed by atoms with Crippen molar-refractivity contribution in [2.75, 3.05) is 26.3 Å². The average molecular weight is 521 g/mol. The van der Waals surface area contributed by atoms with Gasteiger partial charge in [-0.3, -0.25) is 14.4 Å². The number of carbonyl (C=O) groups excluding carboxylic acids is 3. The van der Waals surface area contributed by atoms with Crippen LogP contribution in [-0.4, -0.2) is 80.1 Å². The molecule has 5 atom stereocenters. The SMILES string of the molecule is C=CCCCOC(=O)[C@H]1[C@H]2C(=O)N(CCCCCO)C(C(=O)N(CC=C)C(C)(C)C)C23CC[C@]1(C)S3. The Bertz CT molecular complexity index is 870. The van der Waals surface area contributed by atoms with Crippen molar-refractivity contribution in [1.82, 2.24) is 9.80 Å². The molecule has 0 saturated carbocycles. The molecule has 3 aliphatic heterocycles. The Labute approximate surface area is 220 Å². The predicted octanol–water partition coefficient (Wildman–Crippen LogP) is 3.95. The minimum Gasteiger partial charge on any atom is -0.465 e. The van der Waals surface area contributed by atoms with E-state index in [1.165, 1.54) is 0 Å². The molecule has 0 aromatic heterocycles. The van der Waals surface area contributed by atoms with Gasteiger partial charge in [-0.05, 0) is 72.6 Å². The van der Waals surface area contributed by atoms with Crippen LogP contribution in [0.1, 0.15) is 72.6 Å². The quantitative estimate of drug-likeness (QED) is 0.225. The summed E-state index contributed by atoms with van der Waals surface area (Å²) in [5.41, 5.74) is -0.444. The van der Waals surface area contributed by atoms with Crippen molar-refractivity contribution >= 4 is 29.5 Å². The molecule has 3 heterocycles.